The van der Waals surface area contributed by atoms with Crippen LogP contribution < -0.4 is 10.2 Å². The molecular formula is C30H30F4N4O5. The number of nitrogens with zero attached hydrogens (tertiary/aromatic N) is 3. The lowest BCUT2D eigenvalue weighted by Crippen LogP contribution is -2.52. The van der Waals surface area contributed by atoms with E-state index >= 15 is 4.39 Å². The van der Waals surface area contributed by atoms with Crippen molar-refractivity contribution >= 4 is 29.2 Å². The van der Waals surface area contributed by atoms with Crippen molar-refractivity contribution in [1.29, 1.82) is 0 Å². The summed E-state index contributed by atoms with van der Waals surface area (Å²) in [6.45, 7) is 1.56. The van der Waals surface area contributed by atoms with Crippen LogP contribution in [-0.2, 0) is 20.5 Å². The Bertz CT molecular complexity index is 1490. The van der Waals surface area contributed by atoms with E-state index in [0.29, 0.717) is 44.7 Å². The zero-order chi connectivity index (χ0) is 30.7. The largest absolute Gasteiger partial charge is 0.469 e. The number of hydrogen-bond acceptors (Lipinski definition) is 7. The molecule has 43 heavy (non-hydrogen) atoms. The van der Waals surface area contributed by atoms with Gasteiger partial charge < -0.3 is 24.3 Å². The molecule has 2 amide bonds. The van der Waals surface area contributed by atoms with Gasteiger partial charge >= 0.3 is 12.1 Å². The lowest BCUT2D eigenvalue weighted by atomic mass is 9.78. The lowest BCUT2D eigenvalue weighted by Gasteiger charge is -2.39. The highest BCUT2D eigenvalue weighted by Gasteiger charge is 2.42. The first kappa shape index (κ1) is 30.1. The minimum absolute atomic E-state index is 0.0829. The molecule has 2 aromatic carbocycles. The summed E-state index contributed by atoms with van der Waals surface area (Å²) in [7, 11) is 1.32. The zero-order valence-corrected chi connectivity index (χ0v) is 23.3. The second-order valence-electron chi connectivity index (χ2n) is 10.5. The average Bonchev–Trinajstić information content (AvgIpc) is 3.49. The van der Waals surface area contributed by atoms with Crippen molar-refractivity contribution in [3.63, 3.8) is 0 Å². The number of oxazole rings is 1. The van der Waals surface area contributed by atoms with Gasteiger partial charge in [0, 0.05) is 37.4 Å². The van der Waals surface area contributed by atoms with Crippen molar-refractivity contribution < 1.29 is 41.1 Å². The zero-order valence-electron chi connectivity index (χ0n) is 23.3. The predicted octanol–water partition coefficient (Wildman–Crippen LogP) is 5.38. The Morgan fingerprint density at radius 3 is 2.28 bits per heavy atom. The van der Waals surface area contributed by atoms with E-state index in [1.807, 2.05) is 4.90 Å². The van der Waals surface area contributed by atoms with Gasteiger partial charge in [0.15, 0.2) is 5.69 Å². The maximum atomic E-state index is 15.1. The van der Waals surface area contributed by atoms with E-state index in [4.69, 9.17) is 9.15 Å². The topological polar surface area (TPSA) is 105 Å². The number of methoxy groups -OCH3 is 1. The number of ether oxygens (including phenoxy) is 1. The number of anilines is 2. The molecule has 0 bridgehead atoms. The minimum Gasteiger partial charge on any atom is -0.469 e. The maximum absolute atomic E-state index is 15.1. The fourth-order valence-electron chi connectivity index (χ4n) is 5.63. The molecule has 9 nitrogen and oxygen atoms in total. The molecule has 1 aromatic heterocycles. The number of hydrogen-bond donors (Lipinski definition) is 1. The van der Waals surface area contributed by atoms with Crippen molar-refractivity contribution in [3.8, 4) is 11.5 Å². The number of halogens is 4. The molecule has 0 radical (unpaired) electrons. The Labute approximate surface area is 244 Å². The van der Waals surface area contributed by atoms with Gasteiger partial charge in [-0.25, -0.2) is 9.37 Å². The monoisotopic (exact) mass is 602 g/mol. The van der Waals surface area contributed by atoms with Gasteiger partial charge in [-0.3, -0.25) is 14.4 Å². The first-order valence-corrected chi connectivity index (χ1v) is 13.9. The van der Waals surface area contributed by atoms with Crippen molar-refractivity contribution in [2.75, 3.05) is 43.5 Å². The Balaban J connectivity index is 1.24. The number of benzene rings is 2. The fraction of sp³-hybridized carbons (Fsp3) is 0.400. The van der Waals surface area contributed by atoms with Crippen LogP contribution in [0.1, 0.15) is 41.9 Å². The number of alkyl halides is 3. The molecule has 228 valence electrons. The summed E-state index contributed by atoms with van der Waals surface area (Å²) in [4.78, 5) is 45.6. The predicted molar refractivity (Wildman–Crippen MR) is 148 cm³/mol. The second kappa shape index (κ2) is 12.4. The van der Waals surface area contributed by atoms with E-state index in [1.165, 1.54) is 37.4 Å². The van der Waals surface area contributed by atoms with Gasteiger partial charge in [-0.1, -0.05) is 31.0 Å². The summed E-state index contributed by atoms with van der Waals surface area (Å²) < 4.78 is 65.8. The Morgan fingerprint density at radius 1 is 0.977 bits per heavy atom. The molecule has 2 aliphatic rings. The normalized spacial score (nSPS) is 19.2. The highest BCUT2D eigenvalue weighted by molar-refractivity contribution is 6.04. The Hall–Kier alpha value is -4.42. The summed E-state index contributed by atoms with van der Waals surface area (Å²) in [5, 5.41) is 2.16. The number of aromatic nitrogens is 1. The van der Waals surface area contributed by atoms with Gasteiger partial charge in [0.1, 0.15) is 5.82 Å². The first-order chi connectivity index (χ1) is 20.6. The van der Waals surface area contributed by atoms with Crippen LogP contribution in [0.4, 0.5) is 28.9 Å². The van der Waals surface area contributed by atoms with Gasteiger partial charge in [0.2, 0.25) is 17.6 Å². The molecule has 2 atom stereocenters. The Kier molecular flexibility index (Phi) is 8.69. The van der Waals surface area contributed by atoms with Gasteiger partial charge in [0.05, 0.1) is 24.6 Å². The third kappa shape index (κ3) is 6.50. The number of carbonyl (C=O) groups excluding carboxylic acids is 3. The average molecular weight is 603 g/mol. The summed E-state index contributed by atoms with van der Waals surface area (Å²) in [6.07, 6.45) is -2.02. The van der Waals surface area contributed by atoms with Crippen molar-refractivity contribution in [2.45, 2.75) is 31.9 Å². The van der Waals surface area contributed by atoms with Crippen molar-refractivity contribution in [1.82, 2.24) is 9.88 Å². The molecule has 2 heterocycles. The van der Waals surface area contributed by atoms with E-state index in [1.54, 1.807) is 23.1 Å². The summed E-state index contributed by atoms with van der Waals surface area (Å²) in [5.41, 5.74) is -0.614. The van der Waals surface area contributed by atoms with Crippen LogP contribution in [0.3, 0.4) is 0 Å². The molecule has 5 rings (SSSR count). The van der Waals surface area contributed by atoms with Crippen LogP contribution in [0.2, 0.25) is 0 Å². The molecule has 0 spiro atoms. The smallest absolute Gasteiger partial charge is 0.452 e. The van der Waals surface area contributed by atoms with E-state index in [0.717, 1.165) is 12.8 Å². The Morgan fingerprint density at radius 2 is 1.65 bits per heavy atom. The lowest BCUT2D eigenvalue weighted by molar-refractivity contribution is -0.155. The van der Waals surface area contributed by atoms with Crippen LogP contribution in [0.15, 0.2) is 52.9 Å². The van der Waals surface area contributed by atoms with E-state index in [9.17, 15) is 27.6 Å². The molecule has 3 aromatic rings. The first-order valence-electron chi connectivity index (χ1n) is 13.9. The van der Waals surface area contributed by atoms with Crippen LogP contribution in [0.5, 0.6) is 0 Å². The highest BCUT2D eigenvalue weighted by atomic mass is 19.4. The number of amides is 2. The molecule has 1 N–H and O–H groups in total. The molecule has 0 unspecified atom stereocenters. The molecule has 1 saturated carbocycles. The van der Waals surface area contributed by atoms with Crippen LogP contribution in [-0.4, -0.2) is 61.0 Å². The quantitative estimate of drug-likeness (QED) is 0.299. The van der Waals surface area contributed by atoms with E-state index in [2.05, 4.69) is 10.3 Å². The number of nitrogens with one attached hydrogen (secondary N) is 1. The second-order valence-corrected chi connectivity index (χ2v) is 10.5. The third-order valence-electron chi connectivity index (χ3n) is 7.86. The number of esters is 1. The number of carbonyl (C=O) groups is 3. The van der Waals surface area contributed by atoms with E-state index in [-0.39, 0.29) is 23.1 Å². The highest BCUT2D eigenvalue weighted by Crippen LogP contribution is 2.36. The molecule has 1 saturated heterocycles. The van der Waals surface area contributed by atoms with Crippen LogP contribution in [0.25, 0.3) is 11.5 Å². The van der Waals surface area contributed by atoms with Crippen LogP contribution in [0, 0.1) is 17.7 Å². The van der Waals surface area contributed by atoms with Gasteiger partial charge in [-0.05, 0) is 43.2 Å². The van der Waals surface area contributed by atoms with Crippen molar-refractivity contribution in [3.05, 3.63) is 65.8 Å². The van der Waals surface area contributed by atoms with Gasteiger partial charge in [-0.15, -0.1) is 0 Å². The molecule has 1 aliphatic heterocycles. The SMILES string of the molecule is COC(=O)[C@@H]1CCCC[C@H]1C(=O)N1CCN(c2ccc(NC(=O)c3nc(-c4ccccc4)oc3C(F)(F)F)c(F)c2)CC1. The summed E-state index contributed by atoms with van der Waals surface area (Å²) >= 11 is 0. The van der Waals surface area contributed by atoms with Crippen molar-refractivity contribution in [2.24, 2.45) is 11.8 Å². The number of rotatable bonds is 6. The van der Waals surface area contributed by atoms with Gasteiger partial charge in [0.25, 0.3) is 5.91 Å². The van der Waals surface area contributed by atoms with Crippen LogP contribution >= 0.6 is 0 Å². The molecule has 2 fully saturated rings. The molecular weight excluding hydrogens is 572 g/mol. The standard InChI is InChI=1S/C30H30F4N4O5/c1-42-29(41)21-10-6-5-9-20(21)28(40)38-15-13-37(14-16-38)19-11-12-23(22(31)17-19)35-26(39)24-25(30(32,33)34)43-27(36-24)18-7-3-2-4-8-18/h2-4,7-8,11-12,17,20-21H,5-6,9-10,13-16H2,1H3,(H,35,39)/t20-,21-/m1/s1. The van der Waals surface area contributed by atoms with Gasteiger partial charge in [-0.2, -0.15) is 13.2 Å². The fourth-order valence-corrected chi connectivity index (χ4v) is 5.63. The third-order valence-corrected chi connectivity index (χ3v) is 7.86. The summed E-state index contributed by atoms with van der Waals surface area (Å²) in [5.74, 6) is -5.42. The molecule has 13 heteroatoms. The minimum atomic E-state index is -5.00. The number of piperazine rings is 1. The van der Waals surface area contributed by atoms with E-state index < -0.39 is 47.1 Å². The molecule has 1 aliphatic carbocycles. The summed E-state index contributed by atoms with van der Waals surface area (Å²) in [6, 6.07) is 11.8. The maximum Gasteiger partial charge on any atom is 0.452 e.